The molecule has 1 aromatic carbocycles. The van der Waals surface area contributed by atoms with Crippen LogP contribution in [0.3, 0.4) is 0 Å². The molecule has 21 heavy (non-hydrogen) atoms. The Morgan fingerprint density at radius 3 is 2.43 bits per heavy atom. The SMILES string of the molecule is CCCNCc1ccc(C)c(S(=O)(=O)N(CC)C(C)C)c1. The molecule has 1 rings (SSSR count). The summed E-state index contributed by atoms with van der Waals surface area (Å²) in [4.78, 5) is 0.425. The quantitative estimate of drug-likeness (QED) is 0.751. The predicted molar refractivity (Wildman–Crippen MR) is 87.9 cm³/mol. The zero-order valence-electron chi connectivity index (χ0n) is 13.8. The smallest absolute Gasteiger partial charge is 0.243 e. The number of rotatable bonds is 8. The fourth-order valence-electron chi connectivity index (χ4n) is 2.38. The van der Waals surface area contributed by atoms with Gasteiger partial charge in [0.25, 0.3) is 0 Å². The first-order valence-electron chi connectivity index (χ1n) is 7.66. The molecule has 0 aliphatic heterocycles. The summed E-state index contributed by atoms with van der Waals surface area (Å²) in [6.45, 7) is 11.8. The lowest BCUT2D eigenvalue weighted by Crippen LogP contribution is -2.37. The van der Waals surface area contributed by atoms with Gasteiger partial charge in [0.1, 0.15) is 0 Å². The van der Waals surface area contributed by atoms with E-state index >= 15 is 0 Å². The summed E-state index contributed by atoms with van der Waals surface area (Å²) in [5, 5.41) is 3.31. The molecule has 0 bridgehead atoms. The van der Waals surface area contributed by atoms with E-state index in [-0.39, 0.29) is 6.04 Å². The van der Waals surface area contributed by atoms with Crippen LogP contribution >= 0.6 is 0 Å². The minimum atomic E-state index is -3.43. The Kier molecular flexibility index (Phi) is 6.84. The maximum atomic E-state index is 12.8. The van der Waals surface area contributed by atoms with E-state index in [0.29, 0.717) is 18.0 Å². The van der Waals surface area contributed by atoms with Crippen LogP contribution in [0.5, 0.6) is 0 Å². The summed E-state index contributed by atoms with van der Waals surface area (Å²) in [7, 11) is -3.43. The lowest BCUT2D eigenvalue weighted by atomic mass is 10.1. The molecule has 4 nitrogen and oxygen atoms in total. The number of benzene rings is 1. The first-order chi connectivity index (χ1) is 9.84. The van der Waals surface area contributed by atoms with Crippen molar-refractivity contribution in [2.45, 2.75) is 58.5 Å². The standard InChI is InChI=1S/C16H28N2O2S/c1-6-10-17-12-15-9-8-14(5)16(11-15)21(19,20)18(7-2)13(3)4/h8-9,11,13,17H,6-7,10,12H2,1-5H3. The van der Waals surface area contributed by atoms with E-state index in [4.69, 9.17) is 0 Å². The molecular weight excluding hydrogens is 284 g/mol. The molecule has 0 fully saturated rings. The van der Waals surface area contributed by atoms with E-state index in [2.05, 4.69) is 12.2 Å². The maximum Gasteiger partial charge on any atom is 0.243 e. The van der Waals surface area contributed by atoms with E-state index in [1.807, 2.05) is 39.8 Å². The second kappa shape index (κ2) is 7.92. The molecule has 0 aromatic heterocycles. The predicted octanol–water partition coefficient (Wildman–Crippen LogP) is 2.91. The van der Waals surface area contributed by atoms with Crippen LogP contribution < -0.4 is 5.32 Å². The van der Waals surface area contributed by atoms with Crippen LogP contribution in [0.15, 0.2) is 23.1 Å². The third kappa shape index (κ3) is 4.53. The fourth-order valence-corrected chi connectivity index (χ4v) is 4.30. The van der Waals surface area contributed by atoms with E-state index in [1.165, 1.54) is 0 Å². The second-order valence-electron chi connectivity index (χ2n) is 5.58. The Balaban J connectivity index is 3.13. The molecule has 0 spiro atoms. The number of nitrogens with one attached hydrogen (secondary N) is 1. The highest BCUT2D eigenvalue weighted by Crippen LogP contribution is 2.23. The normalized spacial score (nSPS) is 12.3. The molecular formula is C16H28N2O2S. The summed E-state index contributed by atoms with van der Waals surface area (Å²) in [6, 6.07) is 5.65. The monoisotopic (exact) mass is 312 g/mol. The van der Waals surface area contributed by atoms with Gasteiger partial charge in [-0.2, -0.15) is 4.31 Å². The summed E-state index contributed by atoms with van der Waals surface area (Å²) in [5.74, 6) is 0. The molecule has 0 heterocycles. The molecule has 1 N–H and O–H groups in total. The Morgan fingerprint density at radius 1 is 1.24 bits per heavy atom. The van der Waals surface area contributed by atoms with Gasteiger partial charge in [-0.3, -0.25) is 0 Å². The van der Waals surface area contributed by atoms with Crippen LogP contribution in [0.1, 0.15) is 45.2 Å². The van der Waals surface area contributed by atoms with Crippen molar-refractivity contribution in [3.8, 4) is 0 Å². The Hall–Kier alpha value is -0.910. The van der Waals surface area contributed by atoms with Gasteiger partial charge in [0.2, 0.25) is 10.0 Å². The minimum Gasteiger partial charge on any atom is -0.313 e. The number of sulfonamides is 1. The molecule has 0 aliphatic carbocycles. The summed E-state index contributed by atoms with van der Waals surface area (Å²) in [6.07, 6.45) is 1.06. The van der Waals surface area contributed by atoms with Crippen molar-refractivity contribution >= 4 is 10.0 Å². The first kappa shape index (κ1) is 18.1. The molecule has 0 radical (unpaired) electrons. The van der Waals surface area contributed by atoms with Gasteiger partial charge in [-0.1, -0.05) is 26.0 Å². The van der Waals surface area contributed by atoms with Crippen LogP contribution in [0.25, 0.3) is 0 Å². The summed E-state index contributed by atoms with van der Waals surface area (Å²) >= 11 is 0. The fraction of sp³-hybridized carbons (Fsp3) is 0.625. The van der Waals surface area contributed by atoms with Gasteiger partial charge in [-0.05, 0) is 50.9 Å². The highest BCUT2D eigenvalue weighted by Gasteiger charge is 2.27. The highest BCUT2D eigenvalue weighted by molar-refractivity contribution is 7.89. The molecule has 1 aromatic rings. The van der Waals surface area contributed by atoms with Gasteiger partial charge >= 0.3 is 0 Å². The van der Waals surface area contributed by atoms with Crippen molar-refractivity contribution < 1.29 is 8.42 Å². The van der Waals surface area contributed by atoms with Crippen LogP contribution in [-0.4, -0.2) is 31.9 Å². The van der Waals surface area contributed by atoms with Crippen LogP contribution in [0.2, 0.25) is 0 Å². The van der Waals surface area contributed by atoms with Gasteiger partial charge in [-0.25, -0.2) is 8.42 Å². The van der Waals surface area contributed by atoms with Crippen molar-refractivity contribution in [2.24, 2.45) is 0 Å². The van der Waals surface area contributed by atoms with Crippen molar-refractivity contribution in [2.75, 3.05) is 13.1 Å². The third-order valence-corrected chi connectivity index (χ3v) is 5.78. The van der Waals surface area contributed by atoms with Crippen molar-refractivity contribution in [1.82, 2.24) is 9.62 Å². The number of hydrogen-bond donors (Lipinski definition) is 1. The van der Waals surface area contributed by atoms with Gasteiger partial charge in [-0.15, -0.1) is 0 Å². The van der Waals surface area contributed by atoms with Crippen molar-refractivity contribution in [3.63, 3.8) is 0 Å². The Morgan fingerprint density at radius 2 is 1.90 bits per heavy atom. The molecule has 0 amide bonds. The molecule has 0 saturated carbocycles. The van der Waals surface area contributed by atoms with E-state index < -0.39 is 10.0 Å². The lowest BCUT2D eigenvalue weighted by molar-refractivity contribution is 0.369. The van der Waals surface area contributed by atoms with E-state index in [1.54, 1.807) is 10.4 Å². The van der Waals surface area contributed by atoms with Crippen LogP contribution in [-0.2, 0) is 16.6 Å². The summed E-state index contributed by atoms with van der Waals surface area (Å²) < 4.78 is 27.2. The average molecular weight is 312 g/mol. The number of nitrogens with zero attached hydrogens (tertiary/aromatic N) is 1. The largest absolute Gasteiger partial charge is 0.313 e. The molecule has 0 saturated heterocycles. The highest BCUT2D eigenvalue weighted by atomic mass is 32.2. The molecule has 5 heteroatoms. The van der Waals surface area contributed by atoms with Gasteiger partial charge in [0.05, 0.1) is 4.90 Å². The zero-order valence-corrected chi connectivity index (χ0v) is 14.6. The number of hydrogen-bond acceptors (Lipinski definition) is 3. The van der Waals surface area contributed by atoms with Crippen LogP contribution in [0, 0.1) is 6.92 Å². The van der Waals surface area contributed by atoms with Gasteiger partial charge < -0.3 is 5.32 Å². The topological polar surface area (TPSA) is 49.4 Å². The first-order valence-corrected chi connectivity index (χ1v) is 9.10. The van der Waals surface area contributed by atoms with Crippen molar-refractivity contribution in [3.05, 3.63) is 29.3 Å². The molecule has 0 unspecified atom stereocenters. The molecule has 0 aliphatic rings. The lowest BCUT2D eigenvalue weighted by Gasteiger charge is -2.25. The minimum absolute atomic E-state index is 0.0405. The van der Waals surface area contributed by atoms with Crippen molar-refractivity contribution in [1.29, 1.82) is 0 Å². The molecule has 120 valence electrons. The van der Waals surface area contributed by atoms with Gasteiger partial charge in [0, 0.05) is 19.1 Å². The second-order valence-corrected chi connectivity index (χ2v) is 7.44. The Labute approximate surface area is 129 Å². The van der Waals surface area contributed by atoms with Crippen LogP contribution in [0.4, 0.5) is 0 Å². The molecule has 0 atom stereocenters. The maximum absolute atomic E-state index is 12.8. The number of aryl methyl sites for hydroxylation is 1. The van der Waals surface area contributed by atoms with Gasteiger partial charge in [0.15, 0.2) is 0 Å². The van der Waals surface area contributed by atoms with E-state index in [0.717, 1.165) is 24.1 Å². The average Bonchev–Trinajstić information content (AvgIpc) is 2.40. The Bertz CT molecular complexity index is 553. The summed E-state index contributed by atoms with van der Waals surface area (Å²) in [5.41, 5.74) is 1.81. The zero-order chi connectivity index (χ0) is 16.0. The third-order valence-electron chi connectivity index (χ3n) is 3.48. The van der Waals surface area contributed by atoms with E-state index in [9.17, 15) is 8.42 Å².